The van der Waals surface area contributed by atoms with Gasteiger partial charge in [-0.25, -0.2) is 0 Å². The maximum Gasteiger partial charge on any atom is 3.00 e. The summed E-state index contributed by atoms with van der Waals surface area (Å²) < 4.78 is 34.1. The Bertz CT molecular complexity index is 99.2. The van der Waals surface area contributed by atoms with Crippen LogP contribution in [-0.4, -0.2) is 34.9 Å². The minimum absolute atomic E-state index is 0. The molecule has 0 unspecified atom stereocenters. The Morgan fingerprint density at radius 1 is 1.12 bits per heavy atom. The van der Waals surface area contributed by atoms with E-state index in [0.717, 1.165) is 0 Å². The molecular weight excluding hydrogens is 198 g/mol. The third-order valence-electron chi connectivity index (χ3n) is 0. The molecule has 8 heteroatoms. The summed E-state index contributed by atoms with van der Waals surface area (Å²) in [6.45, 7) is 0. The van der Waals surface area contributed by atoms with E-state index in [4.69, 9.17) is 17.5 Å². The van der Waals surface area contributed by atoms with Crippen molar-refractivity contribution in [3.8, 4) is 0 Å². The van der Waals surface area contributed by atoms with Gasteiger partial charge in [0.2, 0.25) is 0 Å². The fourth-order valence-corrected chi connectivity index (χ4v) is 0. The molecule has 0 saturated carbocycles. The summed E-state index contributed by atoms with van der Waals surface area (Å²) in [5.41, 5.74) is 0. The van der Waals surface area contributed by atoms with Crippen molar-refractivity contribution in [3.63, 3.8) is 0 Å². The predicted octanol–water partition coefficient (Wildman–Crippen LogP) is -4.72. The van der Waals surface area contributed by atoms with Gasteiger partial charge < -0.3 is 9.11 Å². The van der Waals surface area contributed by atoms with Crippen LogP contribution in [0.4, 0.5) is 0 Å². The average molecular weight is 198 g/mol. The van der Waals surface area contributed by atoms with Gasteiger partial charge in [-0.2, -0.15) is 0 Å². The van der Waals surface area contributed by atoms with E-state index in [9.17, 15) is 0 Å². The Hall–Kier alpha value is 1.93. The zero-order valence-electron chi connectivity index (χ0n) is 4.03. The summed E-state index contributed by atoms with van der Waals surface area (Å²) in [7, 11) is -5.17. The second-order valence-electron chi connectivity index (χ2n) is 0.408. The number of hydrogen-bond donors (Lipinski definition) is 0. The van der Waals surface area contributed by atoms with Crippen LogP contribution in [0.15, 0.2) is 0 Å². The van der Waals surface area contributed by atoms with Gasteiger partial charge in [0.1, 0.15) is 0 Å². The fourth-order valence-electron chi connectivity index (χ4n) is 0. The van der Waals surface area contributed by atoms with Crippen molar-refractivity contribution in [1.29, 1.82) is 0 Å². The number of hydrogen-bond acceptors (Lipinski definition) is 4. The van der Waals surface area contributed by atoms with Gasteiger partial charge in [-0.15, -0.1) is 0 Å². The van der Waals surface area contributed by atoms with Gasteiger partial charge in [0.15, 0.2) is 0 Å². The average Bonchev–Trinajstić information content (AvgIpc) is 0.722. The van der Waals surface area contributed by atoms with Crippen LogP contribution in [0.25, 0.3) is 0 Å². The molecule has 35 valence electrons. The monoisotopic (exact) mass is 198 g/mol. The quantitative estimate of drug-likeness (QED) is 0.222. The topological polar surface area (TPSA) is 80.3 Å². The van der Waals surface area contributed by atoms with Crippen LogP contribution in [0.3, 0.4) is 0 Å². The minimum Gasteiger partial charge on any atom is -0.759 e. The number of rotatable bonds is 0. The Labute approximate surface area is 91.2 Å². The fraction of sp³-hybridized carbons (Fsp3) is 0. The normalized spacial score (nSPS) is 7.25. The van der Waals surface area contributed by atoms with Crippen LogP contribution in [0.5, 0.6) is 0 Å². The van der Waals surface area contributed by atoms with E-state index in [2.05, 4.69) is 0 Å². The van der Waals surface area contributed by atoms with Gasteiger partial charge in [-0.1, -0.05) is 0 Å². The zero-order chi connectivity index (χ0) is 4.50. The van der Waals surface area contributed by atoms with Gasteiger partial charge in [0.25, 0.3) is 0 Å². The Morgan fingerprint density at radius 3 is 1.12 bits per heavy atom. The van der Waals surface area contributed by atoms with E-state index in [1.165, 1.54) is 0 Å². The predicted molar refractivity (Wildman–Crippen MR) is 16.2 cm³/mol. The molecule has 8 heavy (non-hydrogen) atoms. The summed E-state index contributed by atoms with van der Waals surface area (Å²) in [4.78, 5) is 0. The Morgan fingerprint density at radius 2 is 1.12 bits per heavy atom. The van der Waals surface area contributed by atoms with E-state index in [1.54, 1.807) is 0 Å². The molecule has 0 fully saturated rings. The van der Waals surface area contributed by atoms with Crippen molar-refractivity contribution in [1.82, 2.24) is 0 Å². The van der Waals surface area contributed by atoms with Gasteiger partial charge in [-0.05, 0) is 0 Å². The maximum absolute atomic E-state index is 8.52. The van der Waals surface area contributed by atoms with E-state index in [1.807, 2.05) is 0 Å². The first-order chi connectivity index (χ1) is 2.00. The smallest absolute Gasteiger partial charge is 0.759 e. The zero-order valence-corrected chi connectivity index (χ0v) is 9.27. The second-order valence-corrected chi connectivity index (χ2v) is 1.22. The van der Waals surface area contributed by atoms with Crippen LogP contribution in [0.2, 0.25) is 0 Å². The molecule has 0 aliphatic carbocycles. The van der Waals surface area contributed by atoms with Crippen molar-refractivity contribution in [3.05, 3.63) is 0 Å². The molecule has 0 aliphatic rings. The SMILES string of the molecule is O=S(=O)([O-])[O-].[Al+3].[Cr+3].[Na+]. The first kappa shape index (κ1) is 22.5. The molecule has 0 spiro atoms. The first-order valence-corrected chi connectivity index (χ1v) is 2.00. The third-order valence-corrected chi connectivity index (χ3v) is 0. The molecule has 1 radical (unpaired) electrons. The van der Waals surface area contributed by atoms with E-state index < -0.39 is 10.4 Å². The van der Waals surface area contributed by atoms with Crippen molar-refractivity contribution < 1.29 is 64.4 Å². The molecule has 0 rings (SSSR count). The van der Waals surface area contributed by atoms with Crippen LogP contribution in [0.1, 0.15) is 0 Å². The van der Waals surface area contributed by atoms with Crippen LogP contribution < -0.4 is 29.6 Å². The first-order valence-electron chi connectivity index (χ1n) is 0.667. The van der Waals surface area contributed by atoms with Crippen molar-refractivity contribution >= 4 is 27.8 Å². The van der Waals surface area contributed by atoms with E-state index in [-0.39, 0.29) is 64.3 Å². The van der Waals surface area contributed by atoms with Gasteiger partial charge in [0.05, 0.1) is 0 Å². The summed E-state index contributed by atoms with van der Waals surface area (Å²) in [5.74, 6) is 0. The van der Waals surface area contributed by atoms with Crippen LogP contribution in [0, 0.1) is 0 Å². The second kappa shape index (κ2) is 8.93. The molecule has 0 aromatic carbocycles. The Balaban J connectivity index is -0.0000000267. The van der Waals surface area contributed by atoms with Gasteiger partial charge >= 0.3 is 64.3 Å². The molecule has 4 nitrogen and oxygen atoms in total. The Kier molecular flexibility index (Phi) is 25.1. The molecule has 0 bridgehead atoms. The van der Waals surface area contributed by atoms with Crippen molar-refractivity contribution in [2.75, 3.05) is 0 Å². The minimum atomic E-state index is -5.17. The molecule has 0 saturated heterocycles. The maximum atomic E-state index is 8.52. The standard InChI is InChI=1S/Al.Cr.Na.H2O4S/c;;;1-5(2,3)4/h;;;(H2,1,2,3,4)/q2*+3;+1;/p-2. The van der Waals surface area contributed by atoms with Crippen molar-refractivity contribution in [2.24, 2.45) is 0 Å². The van der Waals surface area contributed by atoms with Crippen LogP contribution >= 0.6 is 0 Å². The molecule has 0 aromatic heterocycles. The van der Waals surface area contributed by atoms with Gasteiger partial charge in [-0.3, -0.25) is 8.42 Å². The van der Waals surface area contributed by atoms with Crippen LogP contribution in [-0.2, 0) is 27.8 Å². The molecule has 0 heterocycles. The molecule has 0 atom stereocenters. The summed E-state index contributed by atoms with van der Waals surface area (Å²) >= 11 is 0. The molecule has 0 aromatic rings. The van der Waals surface area contributed by atoms with Gasteiger partial charge in [0, 0.05) is 10.4 Å². The third kappa shape index (κ3) is 102. The summed E-state index contributed by atoms with van der Waals surface area (Å²) in [6, 6.07) is 0. The molecule has 0 amide bonds. The molecule has 0 aliphatic heterocycles. The molecule has 0 N–H and O–H groups in total. The summed E-state index contributed by atoms with van der Waals surface area (Å²) in [6.07, 6.45) is 0. The van der Waals surface area contributed by atoms with E-state index in [0.29, 0.717) is 0 Å². The summed E-state index contributed by atoms with van der Waals surface area (Å²) in [5, 5.41) is 0. The van der Waals surface area contributed by atoms with E-state index >= 15 is 0 Å². The van der Waals surface area contributed by atoms with Crippen molar-refractivity contribution in [2.45, 2.75) is 0 Å². The largest absolute Gasteiger partial charge is 3.00 e. The molecular formula is AlCrNaO4S+5.